The van der Waals surface area contributed by atoms with Crippen LogP contribution >= 0.6 is 23.2 Å². The number of benzene rings is 1. The number of aromatic nitrogens is 1. The molecule has 1 aromatic heterocycles. The summed E-state index contributed by atoms with van der Waals surface area (Å²) < 4.78 is 0. The lowest BCUT2D eigenvalue weighted by molar-refractivity contribution is 0.0941. The van der Waals surface area contributed by atoms with E-state index in [2.05, 4.69) is 15.6 Å². The molecule has 0 atom stereocenters. The van der Waals surface area contributed by atoms with Crippen LogP contribution in [-0.2, 0) is 6.42 Å². The lowest BCUT2D eigenvalue weighted by Gasteiger charge is -2.09. The van der Waals surface area contributed by atoms with Gasteiger partial charge < -0.3 is 10.6 Å². The van der Waals surface area contributed by atoms with E-state index in [0.29, 0.717) is 35.5 Å². The summed E-state index contributed by atoms with van der Waals surface area (Å²) in [6.07, 6.45) is 0.566. The fourth-order valence-corrected chi connectivity index (χ4v) is 2.70. The third-order valence-electron chi connectivity index (χ3n) is 3.58. The Balaban J connectivity index is 1.93. The first kappa shape index (κ1) is 20.2. The van der Waals surface area contributed by atoms with Gasteiger partial charge in [0.05, 0.1) is 0 Å². The maximum Gasteiger partial charge on any atom is 0.269 e. The molecule has 0 unspecified atom stereocenters. The van der Waals surface area contributed by atoms with E-state index in [9.17, 15) is 9.59 Å². The predicted octanol–water partition coefficient (Wildman–Crippen LogP) is 3.75. The van der Waals surface area contributed by atoms with Crippen LogP contribution in [0.25, 0.3) is 0 Å². The summed E-state index contributed by atoms with van der Waals surface area (Å²) in [5, 5.41) is 6.69. The summed E-state index contributed by atoms with van der Waals surface area (Å²) in [4.78, 5) is 28.5. The Morgan fingerprint density at radius 3 is 2.31 bits per heavy atom. The largest absolute Gasteiger partial charge is 0.350 e. The van der Waals surface area contributed by atoms with Crippen LogP contribution in [0.2, 0.25) is 10.0 Å². The van der Waals surface area contributed by atoms with Crippen molar-refractivity contribution in [3.63, 3.8) is 0 Å². The van der Waals surface area contributed by atoms with Crippen molar-refractivity contribution < 1.29 is 9.59 Å². The van der Waals surface area contributed by atoms with Gasteiger partial charge in [-0.15, -0.1) is 0 Å². The van der Waals surface area contributed by atoms with Crippen LogP contribution in [0, 0.1) is 5.92 Å². The van der Waals surface area contributed by atoms with E-state index in [1.54, 1.807) is 30.3 Å². The molecule has 1 aromatic carbocycles. The number of pyridine rings is 1. The van der Waals surface area contributed by atoms with Crippen molar-refractivity contribution in [2.24, 2.45) is 5.92 Å². The van der Waals surface area contributed by atoms with E-state index in [0.717, 1.165) is 5.56 Å². The van der Waals surface area contributed by atoms with E-state index in [4.69, 9.17) is 23.2 Å². The quantitative estimate of drug-likeness (QED) is 0.752. The third kappa shape index (κ3) is 6.00. The molecule has 0 radical (unpaired) electrons. The Bertz CT molecular complexity index is 794. The van der Waals surface area contributed by atoms with Crippen molar-refractivity contribution in [3.8, 4) is 0 Å². The molecule has 0 aliphatic rings. The van der Waals surface area contributed by atoms with Crippen LogP contribution in [0.5, 0.6) is 0 Å². The molecule has 2 rings (SSSR count). The number of nitrogens with one attached hydrogen (secondary N) is 2. The average Bonchev–Trinajstić information content (AvgIpc) is 2.61. The van der Waals surface area contributed by atoms with Gasteiger partial charge in [0.15, 0.2) is 0 Å². The Morgan fingerprint density at radius 1 is 1.04 bits per heavy atom. The van der Waals surface area contributed by atoms with Gasteiger partial charge >= 0.3 is 0 Å². The molecule has 0 bridgehead atoms. The number of hydrogen-bond donors (Lipinski definition) is 2. The van der Waals surface area contributed by atoms with Gasteiger partial charge in [-0.1, -0.05) is 49.2 Å². The highest BCUT2D eigenvalue weighted by molar-refractivity contribution is 6.35. The monoisotopic (exact) mass is 393 g/mol. The van der Waals surface area contributed by atoms with Crippen molar-refractivity contribution in [3.05, 3.63) is 63.4 Å². The number of rotatable bonds is 7. The normalized spacial score (nSPS) is 10.7. The van der Waals surface area contributed by atoms with Crippen LogP contribution in [0.4, 0.5) is 0 Å². The number of carbonyl (C=O) groups excluding carboxylic acids is 2. The Morgan fingerprint density at radius 2 is 1.69 bits per heavy atom. The molecule has 0 saturated carbocycles. The first-order chi connectivity index (χ1) is 12.4. The fourth-order valence-electron chi connectivity index (χ4n) is 2.20. The molecule has 7 heteroatoms. The molecule has 0 fully saturated rings. The van der Waals surface area contributed by atoms with E-state index in [-0.39, 0.29) is 23.2 Å². The first-order valence-electron chi connectivity index (χ1n) is 8.34. The molecule has 138 valence electrons. The number of halogens is 2. The SMILES string of the molecule is CC(C)CNC(=O)c1cccc(C(=O)NCCc2ccc(Cl)cc2Cl)n1. The van der Waals surface area contributed by atoms with Gasteiger partial charge in [-0.05, 0) is 42.2 Å². The number of nitrogens with zero attached hydrogens (tertiary/aromatic N) is 1. The van der Waals surface area contributed by atoms with Gasteiger partial charge in [0.25, 0.3) is 11.8 Å². The molecular weight excluding hydrogens is 373 g/mol. The zero-order chi connectivity index (χ0) is 19.1. The van der Waals surface area contributed by atoms with Crippen LogP contribution in [-0.4, -0.2) is 29.9 Å². The molecule has 0 spiro atoms. The van der Waals surface area contributed by atoms with Gasteiger partial charge in [-0.2, -0.15) is 0 Å². The Hall–Kier alpha value is -2.11. The highest BCUT2D eigenvalue weighted by atomic mass is 35.5. The molecule has 1 heterocycles. The standard InChI is InChI=1S/C19H21Cl2N3O2/c1-12(2)11-23-19(26)17-5-3-4-16(24-17)18(25)22-9-8-13-6-7-14(20)10-15(13)21/h3-7,10,12H,8-9,11H2,1-2H3,(H,22,25)(H,23,26). The van der Waals surface area contributed by atoms with Gasteiger partial charge in [0, 0.05) is 23.1 Å². The van der Waals surface area contributed by atoms with Crippen LogP contribution in [0.3, 0.4) is 0 Å². The second-order valence-electron chi connectivity index (χ2n) is 6.25. The van der Waals surface area contributed by atoms with Crippen LogP contribution in [0.1, 0.15) is 40.4 Å². The summed E-state index contributed by atoms with van der Waals surface area (Å²) in [7, 11) is 0. The zero-order valence-electron chi connectivity index (χ0n) is 14.7. The topological polar surface area (TPSA) is 71.1 Å². The number of amides is 2. The molecular formula is C19H21Cl2N3O2. The Kier molecular flexibility index (Phi) is 7.42. The van der Waals surface area contributed by atoms with Crippen LogP contribution < -0.4 is 10.6 Å². The molecule has 5 nitrogen and oxygen atoms in total. The second kappa shape index (κ2) is 9.55. The summed E-state index contributed by atoms with van der Waals surface area (Å²) in [6, 6.07) is 10.0. The lowest BCUT2D eigenvalue weighted by atomic mass is 10.1. The van der Waals surface area contributed by atoms with Gasteiger partial charge in [-0.3, -0.25) is 9.59 Å². The lowest BCUT2D eigenvalue weighted by Crippen LogP contribution is -2.30. The highest BCUT2D eigenvalue weighted by Crippen LogP contribution is 2.21. The second-order valence-corrected chi connectivity index (χ2v) is 7.10. The van der Waals surface area contributed by atoms with Crippen molar-refractivity contribution in [2.45, 2.75) is 20.3 Å². The highest BCUT2D eigenvalue weighted by Gasteiger charge is 2.12. The minimum absolute atomic E-state index is 0.199. The van der Waals surface area contributed by atoms with Gasteiger partial charge in [-0.25, -0.2) is 4.98 Å². The molecule has 2 aromatic rings. The zero-order valence-corrected chi connectivity index (χ0v) is 16.2. The summed E-state index contributed by atoms with van der Waals surface area (Å²) in [6.45, 7) is 4.96. The van der Waals surface area contributed by atoms with Gasteiger partial charge in [0.2, 0.25) is 0 Å². The molecule has 26 heavy (non-hydrogen) atoms. The third-order valence-corrected chi connectivity index (χ3v) is 4.17. The first-order valence-corrected chi connectivity index (χ1v) is 9.10. The molecule has 0 saturated heterocycles. The molecule has 0 aliphatic heterocycles. The van der Waals surface area contributed by atoms with E-state index in [1.165, 1.54) is 0 Å². The predicted molar refractivity (Wildman–Crippen MR) is 104 cm³/mol. The van der Waals surface area contributed by atoms with E-state index < -0.39 is 0 Å². The molecule has 2 N–H and O–H groups in total. The average molecular weight is 394 g/mol. The van der Waals surface area contributed by atoms with Crippen LogP contribution in [0.15, 0.2) is 36.4 Å². The van der Waals surface area contributed by atoms with Gasteiger partial charge in [0.1, 0.15) is 11.4 Å². The van der Waals surface area contributed by atoms with Crippen molar-refractivity contribution >= 4 is 35.0 Å². The minimum Gasteiger partial charge on any atom is -0.350 e. The fraction of sp³-hybridized carbons (Fsp3) is 0.316. The summed E-state index contributed by atoms with van der Waals surface area (Å²) in [5.74, 6) is -0.292. The van der Waals surface area contributed by atoms with Crippen molar-refractivity contribution in [1.82, 2.24) is 15.6 Å². The molecule has 0 aliphatic carbocycles. The maximum absolute atomic E-state index is 12.3. The summed E-state index contributed by atoms with van der Waals surface area (Å²) in [5.41, 5.74) is 1.31. The minimum atomic E-state index is -0.339. The maximum atomic E-state index is 12.3. The summed E-state index contributed by atoms with van der Waals surface area (Å²) >= 11 is 12.0. The Labute approximate surface area is 163 Å². The van der Waals surface area contributed by atoms with Crippen molar-refractivity contribution in [1.29, 1.82) is 0 Å². The van der Waals surface area contributed by atoms with E-state index in [1.807, 2.05) is 19.9 Å². The molecule has 2 amide bonds. The smallest absolute Gasteiger partial charge is 0.269 e. The number of hydrogen-bond acceptors (Lipinski definition) is 3. The van der Waals surface area contributed by atoms with Crippen molar-refractivity contribution in [2.75, 3.05) is 13.1 Å². The van der Waals surface area contributed by atoms with E-state index >= 15 is 0 Å². The number of carbonyl (C=O) groups is 2.